The van der Waals surface area contributed by atoms with Crippen LogP contribution in [-0.2, 0) is 11.2 Å². The minimum absolute atomic E-state index is 0.112. The molecular weight excluding hydrogens is 218 g/mol. The van der Waals surface area contributed by atoms with E-state index in [2.05, 4.69) is 25.1 Å². The van der Waals surface area contributed by atoms with Crippen molar-refractivity contribution in [2.45, 2.75) is 19.4 Å². The molecule has 0 aliphatic carbocycles. The van der Waals surface area contributed by atoms with E-state index in [0.717, 1.165) is 13.0 Å². The van der Waals surface area contributed by atoms with Crippen molar-refractivity contribution in [2.24, 2.45) is 5.73 Å². The van der Waals surface area contributed by atoms with Crippen molar-refractivity contribution < 1.29 is 4.74 Å². The zero-order valence-corrected chi connectivity index (χ0v) is 10.1. The molecular formula is C13H15NOS. The van der Waals surface area contributed by atoms with Gasteiger partial charge in [0.2, 0.25) is 0 Å². The lowest BCUT2D eigenvalue weighted by molar-refractivity contribution is 0.0519. The van der Waals surface area contributed by atoms with E-state index in [1.54, 1.807) is 0 Å². The molecule has 1 aliphatic rings. The summed E-state index contributed by atoms with van der Waals surface area (Å²) in [4.78, 5) is 1.35. The fraction of sp³-hybridized carbons (Fsp3) is 0.385. The molecule has 2 aromatic rings. The monoisotopic (exact) mass is 233 g/mol. The summed E-state index contributed by atoms with van der Waals surface area (Å²) in [5.74, 6) is 0. The predicted octanol–water partition coefficient (Wildman–Crippen LogP) is 2.78. The summed E-state index contributed by atoms with van der Waals surface area (Å²) < 4.78 is 7.11. The van der Waals surface area contributed by atoms with E-state index in [9.17, 15) is 0 Å². The first-order valence-corrected chi connectivity index (χ1v) is 6.45. The van der Waals surface area contributed by atoms with Crippen LogP contribution in [-0.4, -0.2) is 13.2 Å². The molecule has 0 saturated carbocycles. The van der Waals surface area contributed by atoms with Crippen molar-refractivity contribution in [3.63, 3.8) is 0 Å². The van der Waals surface area contributed by atoms with Gasteiger partial charge in [-0.15, -0.1) is 11.3 Å². The largest absolute Gasteiger partial charge is 0.371 e. The number of ether oxygens (including phenoxy) is 1. The fourth-order valence-electron chi connectivity index (χ4n) is 2.40. The lowest BCUT2D eigenvalue weighted by Gasteiger charge is -2.21. The third-order valence-electron chi connectivity index (χ3n) is 3.22. The Labute approximate surface area is 99.0 Å². The predicted molar refractivity (Wildman–Crippen MR) is 68.0 cm³/mol. The van der Waals surface area contributed by atoms with Crippen molar-refractivity contribution >= 4 is 21.4 Å². The van der Waals surface area contributed by atoms with Gasteiger partial charge in [-0.3, -0.25) is 0 Å². The first-order chi connectivity index (χ1) is 7.81. The second kappa shape index (κ2) is 3.84. The van der Waals surface area contributed by atoms with Gasteiger partial charge in [0, 0.05) is 16.1 Å². The average Bonchev–Trinajstić information content (AvgIpc) is 2.69. The van der Waals surface area contributed by atoms with E-state index < -0.39 is 0 Å². The molecule has 0 bridgehead atoms. The highest BCUT2D eigenvalue weighted by Gasteiger charge is 2.24. The number of hydrogen-bond acceptors (Lipinski definition) is 3. The van der Waals surface area contributed by atoms with Gasteiger partial charge < -0.3 is 10.5 Å². The summed E-state index contributed by atoms with van der Waals surface area (Å²) in [5.41, 5.74) is 8.58. The highest BCUT2D eigenvalue weighted by atomic mass is 32.1. The lowest BCUT2D eigenvalue weighted by Crippen LogP contribution is -2.21. The Morgan fingerprint density at radius 1 is 1.50 bits per heavy atom. The Kier molecular flexibility index (Phi) is 2.46. The topological polar surface area (TPSA) is 35.2 Å². The van der Waals surface area contributed by atoms with Crippen LogP contribution in [0.3, 0.4) is 0 Å². The standard InChI is InChI=1S/C13H15NOS/c1-8-3-2-4-9-10-5-6-15-11(7-14)13(10)16-12(8)9/h2-4,11H,5-7,14H2,1H3. The van der Waals surface area contributed by atoms with Gasteiger partial charge in [0.15, 0.2) is 0 Å². The average molecular weight is 233 g/mol. The Bertz CT molecular complexity index is 532. The van der Waals surface area contributed by atoms with E-state index >= 15 is 0 Å². The van der Waals surface area contributed by atoms with Gasteiger partial charge in [0.05, 0.1) is 6.61 Å². The van der Waals surface area contributed by atoms with Gasteiger partial charge in [-0.05, 0) is 29.9 Å². The molecule has 1 unspecified atom stereocenters. The minimum atomic E-state index is 0.112. The molecule has 0 amide bonds. The lowest BCUT2D eigenvalue weighted by atomic mass is 10.0. The van der Waals surface area contributed by atoms with Crippen molar-refractivity contribution in [2.75, 3.05) is 13.2 Å². The summed E-state index contributed by atoms with van der Waals surface area (Å²) in [7, 11) is 0. The van der Waals surface area contributed by atoms with Crippen molar-refractivity contribution in [1.82, 2.24) is 0 Å². The maximum Gasteiger partial charge on any atom is 0.104 e. The van der Waals surface area contributed by atoms with Crippen LogP contribution >= 0.6 is 11.3 Å². The van der Waals surface area contributed by atoms with E-state index in [-0.39, 0.29) is 6.10 Å². The highest BCUT2D eigenvalue weighted by molar-refractivity contribution is 7.19. The Morgan fingerprint density at radius 3 is 3.19 bits per heavy atom. The molecule has 84 valence electrons. The zero-order valence-electron chi connectivity index (χ0n) is 9.32. The highest BCUT2D eigenvalue weighted by Crippen LogP contribution is 2.40. The van der Waals surface area contributed by atoms with Crippen LogP contribution in [0.2, 0.25) is 0 Å². The molecule has 0 saturated heterocycles. The molecule has 0 radical (unpaired) electrons. The number of fused-ring (bicyclic) bond motifs is 3. The van der Waals surface area contributed by atoms with E-state index in [1.807, 2.05) is 11.3 Å². The minimum Gasteiger partial charge on any atom is -0.371 e. The molecule has 3 heteroatoms. The molecule has 0 spiro atoms. The summed E-state index contributed by atoms with van der Waals surface area (Å²) >= 11 is 1.85. The van der Waals surface area contributed by atoms with Crippen LogP contribution in [0.1, 0.15) is 22.1 Å². The molecule has 1 aromatic heterocycles. The first kappa shape index (κ1) is 10.3. The molecule has 2 N–H and O–H groups in total. The van der Waals surface area contributed by atoms with Gasteiger partial charge >= 0.3 is 0 Å². The van der Waals surface area contributed by atoms with Crippen molar-refractivity contribution in [1.29, 1.82) is 0 Å². The number of rotatable bonds is 1. The normalized spacial score (nSPS) is 20.0. The van der Waals surface area contributed by atoms with E-state index in [1.165, 1.54) is 26.1 Å². The van der Waals surface area contributed by atoms with E-state index in [0.29, 0.717) is 6.54 Å². The van der Waals surface area contributed by atoms with Crippen LogP contribution in [0.15, 0.2) is 18.2 Å². The number of hydrogen-bond donors (Lipinski definition) is 1. The Morgan fingerprint density at radius 2 is 2.38 bits per heavy atom. The smallest absolute Gasteiger partial charge is 0.104 e. The molecule has 2 heterocycles. The van der Waals surface area contributed by atoms with Crippen LogP contribution in [0.25, 0.3) is 10.1 Å². The van der Waals surface area contributed by atoms with Gasteiger partial charge in [0.1, 0.15) is 6.10 Å². The molecule has 16 heavy (non-hydrogen) atoms. The number of nitrogens with two attached hydrogens (primary N) is 1. The molecule has 1 aliphatic heterocycles. The van der Waals surface area contributed by atoms with Gasteiger partial charge in [-0.2, -0.15) is 0 Å². The first-order valence-electron chi connectivity index (χ1n) is 5.64. The summed E-state index contributed by atoms with van der Waals surface area (Å²) in [6, 6.07) is 6.52. The second-order valence-electron chi connectivity index (χ2n) is 4.24. The summed E-state index contributed by atoms with van der Waals surface area (Å²) in [5, 5.41) is 1.40. The summed E-state index contributed by atoms with van der Waals surface area (Å²) in [6.07, 6.45) is 1.13. The number of aryl methyl sites for hydroxylation is 1. The molecule has 1 aromatic carbocycles. The maximum absolute atomic E-state index is 5.76. The molecule has 3 rings (SSSR count). The third kappa shape index (κ3) is 1.39. The number of benzene rings is 1. The van der Waals surface area contributed by atoms with Gasteiger partial charge in [0.25, 0.3) is 0 Å². The van der Waals surface area contributed by atoms with Crippen LogP contribution < -0.4 is 5.73 Å². The van der Waals surface area contributed by atoms with Gasteiger partial charge in [-0.1, -0.05) is 18.2 Å². The second-order valence-corrected chi connectivity index (χ2v) is 5.29. The Hall–Kier alpha value is -0.900. The maximum atomic E-state index is 5.76. The van der Waals surface area contributed by atoms with Gasteiger partial charge in [-0.25, -0.2) is 0 Å². The third-order valence-corrected chi connectivity index (χ3v) is 4.70. The quantitative estimate of drug-likeness (QED) is 0.822. The number of thiophene rings is 1. The molecule has 2 nitrogen and oxygen atoms in total. The zero-order chi connectivity index (χ0) is 11.1. The van der Waals surface area contributed by atoms with Crippen molar-refractivity contribution in [3.05, 3.63) is 34.2 Å². The van der Waals surface area contributed by atoms with Crippen LogP contribution in [0.4, 0.5) is 0 Å². The van der Waals surface area contributed by atoms with E-state index in [4.69, 9.17) is 10.5 Å². The summed E-state index contributed by atoms with van der Waals surface area (Å²) in [6.45, 7) is 3.55. The fourth-order valence-corrected chi connectivity index (χ4v) is 3.78. The molecule has 0 fully saturated rings. The Balaban J connectivity index is 2.28. The molecule has 1 atom stereocenters. The SMILES string of the molecule is Cc1cccc2c3c(sc12)C(CN)OCC3. The van der Waals surface area contributed by atoms with Crippen LogP contribution in [0, 0.1) is 6.92 Å². The van der Waals surface area contributed by atoms with Crippen molar-refractivity contribution in [3.8, 4) is 0 Å². The van der Waals surface area contributed by atoms with Crippen LogP contribution in [0.5, 0.6) is 0 Å².